The van der Waals surface area contributed by atoms with Crippen LogP contribution in [-0.2, 0) is 15.6 Å². The molecular formula is C16H26N2O2. The minimum absolute atomic E-state index is 0.158. The molecule has 0 spiro atoms. The Labute approximate surface area is 122 Å². The minimum Gasteiger partial charge on any atom is -0.461 e. The van der Waals surface area contributed by atoms with Crippen molar-refractivity contribution in [3.63, 3.8) is 0 Å². The molecule has 0 saturated carbocycles. The minimum atomic E-state index is -0.393. The summed E-state index contributed by atoms with van der Waals surface area (Å²) in [5.74, 6) is -0.393. The number of aryl methyl sites for hydroxylation is 1. The molecule has 4 nitrogen and oxygen atoms in total. The van der Waals surface area contributed by atoms with E-state index in [1.165, 1.54) is 0 Å². The van der Waals surface area contributed by atoms with Crippen LogP contribution in [0.5, 0.6) is 0 Å². The summed E-state index contributed by atoms with van der Waals surface area (Å²) < 4.78 is 5.13. The fraction of sp³-hybridized carbons (Fsp3) is 0.688. The van der Waals surface area contributed by atoms with Crippen molar-refractivity contribution in [1.82, 2.24) is 9.97 Å². The van der Waals surface area contributed by atoms with E-state index in [4.69, 9.17) is 4.74 Å². The van der Waals surface area contributed by atoms with Gasteiger partial charge < -0.3 is 4.74 Å². The summed E-state index contributed by atoms with van der Waals surface area (Å²) in [7, 11) is 0. The maximum atomic E-state index is 12.2. The molecule has 1 rings (SSSR count). The predicted octanol–water partition coefficient (Wildman–Crippen LogP) is 3.56. The summed E-state index contributed by atoms with van der Waals surface area (Å²) >= 11 is 0. The molecule has 0 aromatic carbocycles. The Hall–Kier alpha value is -1.45. The van der Waals surface area contributed by atoms with Gasteiger partial charge in [-0.15, -0.1) is 0 Å². The van der Waals surface area contributed by atoms with E-state index < -0.39 is 5.97 Å². The van der Waals surface area contributed by atoms with Crippen LogP contribution in [0.4, 0.5) is 0 Å². The van der Waals surface area contributed by atoms with Crippen LogP contribution >= 0.6 is 0 Å². The van der Waals surface area contributed by atoms with Gasteiger partial charge in [0.25, 0.3) is 0 Å². The number of carbonyl (C=O) groups excluding carboxylic acids is 1. The van der Waals surface area contributed by atoms with E-state index in [0.717, 1.165) is 11.4 Å². The first kappa shape index (κ1) is 16.6. The van der Waals surface area contributed by atoms with E-state index in [1.807, 2.05) is 27.7 Å². The van der Waals surface area contributed by atoms with Crippen molar-refractivity contribution in [1.29, 1.82) is 0 Å². The molecule has 1 aromatic rings. The van der Waals surface area contributed by atoms with Crippen LogP contribution in [0, 0.1) is 6.92 Å². The van der Waals surface area contributed by atoms with Crippen molar-refractivity contribution in [3.05, 3.63) is 22.8 Å². The molecule has 0 aliphatic rings. The molecule has 0 aliphatic heterocycles. The fourth-order valence-electron chi connectivity index (χ4n) is 2.09. The standard InChI is InChI=1S/C16H26N2O2/c1-9-20-14(19)11-13(16(6,7)8)17-10(2)12(18-11)15(3,4)5/h9H2,1-8H3. The Balaban J connectivity index is 3.55. The number of carbonyl (C=O) groups is 1. The van der Waals surface area contributed by atoms with Crippen LogP contribution in [0.25, 0.3) is 0 Å². The smallest absolute Gasteiger partial charge is 0.358 e. The normalized spacial score (nSPS) is 12.4. The lowest BCUT2D eigenvalue weighted by Gasteiger charge is -2.25. The van der Waals surface area contributed by atoms with Crippen molar-refractivity contribution < 1.29 is 9.53 Å². The van der Waals surface area contributed by atoms with Crippen molar-refractivity contribution in [2.24, 2.45) is 0 Å². The first-order chi connectivity index (χ1) is 8.98. The third-order valence-electron chi connectivity index (χ3n) is 2.96. The van der Waals surface area contributed by atoms with Gasteiger partial charge in [-0.1, -0.05) is 41.5 Å². The monoisotopic (exact) mass is 278 g/mol. The lowest BCUT2D eigenvalue weighted by Crippen LogP contribution is -2.27. The highest BCUT2D eigenvalue weighted by Crippen LogP contribution is 2.29. The highest BCUT2D eigenvalue weighted by molar-refractivity contribution is 5.89. The van der Waals surface area contributed by atoms with Crippen LogP contribution in [0.15, 0.2) is 0 Å². The molecule has 0 amide bonds. The molecule has 112 valence electrons. The van der Waals surface area contributed by atoms with E-state index >= 15 is 0 Å². The number of hydrogen-bond acceptors (Lipinski definition) is 4. The van der Waals surface area contributed by atoms with Gasteiger partial charge in [0.05, 0.1) is 23.7 Å². The van der Waals surface area contributed by atoms with E-state index in [9.17, 15) is 4.79 Å². The molecule has 0 saturated heterocycles. The van der Waals surface area contributed by atoms with Gasteiger partial charge in [-0.05, 0) is 13.8 Å². The average Bonchev–Trinajstić information content (AvgIpc) is 2.25. The molecule has 0 aliphatic carbocycles. The quantitative estimate of drug-likeness (QED) is 0.776. The Kier molecular flexibility index (Phi) is 4.57. The van der Waals surface area contributed by atoms with Gasteiger partial charge >= 0.3 is 5.97 Å². The number of esters is 1. The van der Waals surface area contributed by atoms with E-state index in [-0.39, 0.29) is 10.8 Å². The molecule has 0 radical (unpaired) electrons. The zero-order valence-corrected chi connectivity index (χ0v) is 13.9. The summed E-state index contributed by atoms with van der Waals surface area (Å²) in [6, 6.07) is 0. The Bertz CT molecular complexity index is 508. The van der Waals surface area contributed by atoms with Gasteiger partial charge in [0, 0.05) is 10.8 Å². The lowest BCUT2D eigenvalue weighted by atomic mass is 9.87. The summed E-state index contributed by atoms with van der Waals surface area (Å²) in [5.41, 5.74) is 2.34. The van der Waals surface area contributed by atoms with Crippen LogP contribution in [0.2, 0.25) is 0 Å². The fourth-order valence-corrected chi connectivity index (χ4v) is 2.09. The second-order valence-corrected chi connectivity index (χ2v) is 7.08. The topological polar surface area (TPSA) is 52.1 Å². The molecule has 0 N–H and O–H groups in total. The Morgan fingerprint density at radius 1 is 1.00 bits per heavy atom. The molecule has 4 heteroatoms. The Morgan fingerprint density at radius 2 is 1.50 bits per heavy atom. The highest BCUT2D eigenvalue weighted by atomic mass is 16.5. The van der Waals surface area contributed by atoms with E-state index in [1.54, 1.807) is 6.92 Å². The molecule has 0 bridgehead atoms. The van der Waals surface area contributed by atoms with E-state index in [0.29, 0.717) is 18.0 Å². The summed E-state index contributed by atoms with van der Waals surface area (Å²) in [6.07, 6.45) is 0. The van der Waals surface area contributed by atoms with Gasteiger partial charge in [0.15, 0.2) is 5.69 Å². The van der Waals surface area contributed by atoms with Crippen LogP contribution in [0.3, 0.4) is 0 Å². The molecule has 20 heavy (non-hydrogen) atoms. The Morgan fingerprint density at radius 3 is 1.90 bits per heavy atom. The van der Waals surface area contributed by atoms with Crippen molar-refractivity contribution in [3.8, 4) is 0 Å². The largest absolute Gasteiger partial charge is 0.461 e. The van der Waals surface area contributed by atoms with Gasteiger partial charge in [0.1, 0.15) is 0 Å². The molecule has 1 heterocycles. The SMILES string of the molecule is CCOC(=O)c1nc(C(C)(C)C)c(C)nc1C(C)(C)C. The van der Waals surface area contributed by atoms with Crippen molar-refractivity contribution in [2.75, 3.05) is 6.61 Å². The second-order valence-electron chi connectivity index (χ2n) is 7.08. The highest BCUT2D eigenvalue weighted by Gasteiger charge is 2.30. The number of ether oxygens (including phenoxy) is 1. The predicted molar refractivity (Wildman–Crippen MR) is 80.1 cm³/mol. The van der Waals surface area contributed by atoms with Crippen LogP contribution in [0.1, 0.15) is 76.0 Å². The van der Waals surface area contributed by atoms with E-state index in [2.05, 4.69) is 30.7 Å². The third-order valence-corrected chi connectivity index (χ3v) is 2.96. The summed E-state index contributed by atoms with van der Waals surface area (Å²) in [6.45, 7) is 16.3. The average molecular weight is 278 g/mol. The van der Waals surface area contributed by atoms with Crippen LogP contribution in [-0.4, -0.2) is 22.5 Å². The second kappa shape index (κ2) is 5.51. The first-order valence-corrected chi connectivity index (χ1v) is 7.05. The molecule has 0 unspecified atom stereocenters. The van der Waals surface area contributed by atoms with Gasteiger partial charge in [-0.2, -0.15) is 0 Å². The van der Waals surface area contributed by atoms with Gasteiger partial charge in [0.2, 0.25) is 0 Å². The maximum absolute atomic E-state index is 12.2. The number of hydrogen-bond donors (Lipinski definition) is 0. The van der Waals surface area contributed by atoms with Crippen molar-refractivity contribution in [2.45, 2.75) is 66.2 Å². The van der Waals surface area contributed by atoms with Gasteiger partial charge in [-0.25, -0.2) is 9.78 Å². The number of aromatic nitrogens is 2. The van der Waals surface area contributed by atoms with Crippen LogP contribution < -0.4 is 0 Å². The zero-order valence-electron chi connectivity index (χ0n) is 13.9. The molecule has 1 aromatic heterocycles. The molecule has 0 atom stereocenters. The third kappa shape index (κ3) is 3.56. The van der Waals surface area contributed by atoms with Crippen molar-refractivity contribution >= 4 is 5.97 Å². The summed E-state index contributed by atoms with van der Waals surface area (Å²) in [4.78, 5) is 21.4. The summed E-state index contributed by atoms with van der Waals surface area (Å²) in [5, 5.41) is 0. The zero-order chi connectivity index (χ0) is 15.7. The maximum Gasteiger partial charge on any atom is 0.358 e. The molecule has 0 fully saturated rings. The number of nitrogens with zero attached hydrogens (tertiary/aromatic N) is 2. The van der Waals surface area contributed by atoms with Gasteiger partial charge in [-0.3, -0.25) is 4.98 Å². The molecular weight excluding hydrogens is 252 g/mol. The lowest BCUT2D eigenvalue weighted by molar-refractivity contribution is 0.0514. The first-order valence-electron chi connectivity index (χ1n) is 7.05. The number of rotatable bonds is 2.